The van der Waals surface area contributed by atoms with Gasteiger partial charge in [-0.05, 0) is 42.3 Å². The molecule has 3 aromatic rings. The molecule has 0 fully saturated rings. The molecule has 0 saturated heterocycles. The standard InChI is InChI=1S/C25H23N3O2/c1-3-28(2)25(30)18-14-15-20-21(16-18)27-24(29)22(20)23(17-10-6-4-7-11-17)26-19-12-8-5-9-13-19/h4-16,22H,3H2,1-2H3,(H,27,29). The van der Waals surface area contributed by atoms with Crippen LogP contribution < -0.4 is 5.32 Å². The molecule has 2 amide bonds. The maximum absolute atomic E-state index is 13.0. The Morgan fingerprint density at radius 1 is 0.967 bits per heavy atom. The number of hydrogen-bond donors (Lipinski definition) is 1. The molecule has 1 unspecified atom stereocenters. The number of benzene rings is 3. The zero-order valence-corrected chi connectivity index (χ0v) is 17.0. The van der Waals surface area contributed by atoms with Gasteiger partial charge >= 0.3 is 0 Å². The van der Waals surface area contributed by atoms with Gasteiger partial charge in [0.1, 0.15) is 5.92 Å². The van der Waals surface area contributed by atoms with Gasteiger partial charge in [0.25, 0.3) is 5.91 Å². The molecule has 0 spiro atoms. The molecule has 0 aromatic heterocycles. The molecule has 0 aliphatic carbocycles. The molecule has 4 rings (SSSR count). The van der Waals surface area contributed by atoms with Gasteiger partial charge in [0.2, 0.25) is 5.91 Å². The number of anilines is 1. The monoisotopic (exact) mass is 397 g/mol. The summed E-state index contributed by atoms with van der Waals surface area (Å²) in [6.07, 6.45) is 0. The Labute approximate surface area is 176 Å². The lowest BCUT2D eigenvalue weighted by molar-refractivity contribution is -0.115. The summed E-state index contributed by atoms with van der Waals surface area (Å²) in [6, 6.07) is 24.7. The Morgan fingerprint density at radius 2 is 1.63 bits per heavy atom. The molecule has 1 aliphatic heterocycles. The molecule has 150 valence electrons. The first-order chi connectivity index (χ1) is 14.6. The molecule has 1 atom stereocenters. The molecule has 0 bridgehead atoms. The lowest BCUT2D eigenvalue weighted by Gasteiger charge is -2.16. The van der Waals surface area contributed by atoms with Gasteiger partial charge in [-0.2, -0.15) is 0 Å². The Bertz CT molecular complexity index is 1110. The zero-order valence-electron chi connectivity index (χ0n) is 17.0. The van der Waals surface area contributed by atoms with E-state index in [1.54, 1.807) is 24.1 Å². The van der Waals surface area contributed by atoms with Crippen molar-refractivity contribution < 1.29 is 9.59 Å². The number of nitrogens with zero attached hydrogens (tertiary/aromatic N) is 2. The number of carbonyl (C=O) groups excluding carboxylic acids is 2. The second kappa shape index (κ2) is 8.33. The third-order valence-corrected chi connectivity index (χ3v) is 5.30. The van der Waals surface area contributed by atoms with E-state index >= 15 is 0 Å². The Hall–Kier alpha value is -3.73. The summed E-state index contributed by atoms with van der Waals surface area (Å²) < 4.78 is 0. The van der Waals surface area contributed by atoms with Crippen molar-refractivity contribution in [3.05, 3.63) is 95.6 Å². The highest BCUT2D eigenvalue weighted by atomic mass is 16.2. The van der Waals surface area contributed by atoms with Gasteiger partial charge in [-0.15, -0.1) is 0 Å². The van der Waals surface area contributed by atoms with Crippen molar-refractivity contribution >= 4 is 28.9 Å². The van der Waals surface area contributed by atoms with Crippen molar-refractivity contribution in [3.63, 3.8) is 0 Å². The lowest BCUT2D eigenvalue weighted by Crippen LogP contribution is -2.26. The van der Waals surface area contributed by atoms with Gasteiger partial charge in [0.15, 0.2) is 0 Å². The van der Waals surface area contributed by atoms with Gasteiger partial charge in [-0.25, -0.2) is 0 Å². The van der Waals surface area contributed by atoms with Gasteiger partial charge in [0, 0.05) is 24.8 Å². The lowest BCUT2D eigenvalue weighted by atomic mass is 9.90. The molecular formula is C25H23N3O2. The summed E-state index contributed by atoms with van der Waals surface area (Å²) in [5.41, 5.74) is 4.41. The number of nitrogens with one attached hydrogen (secondary N) is 1. The van der Waals surface area contributed by atoms with Crippen LogP contribution in [0.1, 0.15) is 34.3 Å². The molecule has 5 heteroatoms. The second-order valence-electron chi connectivity index (χ2n) is 7.24. The minimum absolute atomic E-state index is 0.0702. The number of hydrogen-bond acceptors (Lipinski definition) is 3. The van der Waals surface area contributed by atoms with Crippen LogP contribution in [0.5, 0.6) is 0 Å². The fourth-order valence-corrected chi connectivity index (χ4v) is 3.58. The number of carbonyl (C=O) groups is 2. The third-order valence-electron chi connectivity index (χ3n) is 5.30. The summed E-state index contributed by atoms with van der Waals surface area (Å²) in [5, 5.41) is 2.95. The molecule has 3 aromatic carbocycles. The van der Waals surface area contributed by atoms with Gasteiger partial charge in [0.05, 0.1) is 11.4 Å². The summed E-state index contributed by atoms with van der Waals surface area (Å²) in [5.74, 6) is -0.758. The van der Waals surface area contributed by atoms with E-state index in [0.717, 1.165) is 16.8 Å². The van der Waals surface area contributed by atoms with E-state index in [-0.39, 0.29) is 11.8 Å². The summed E-state index contributed by atoms with van der Waals surface area (Å²) in [6.45, 7) is 2.54. The number of para-hydroxylation sites is 1. The first kappa shape index (κ1) is 19.6. The van der Waals surface area contributed by atoms with Crippen molar-refractivity contribution in [2.45, 2.75) is 12.8 Å². The van der Waals surface area contributed by atoms with Crippen molar-refractivity contribution in [1.29, 1.82) is 0 Å². The van der Waals surface area contributed by atoms with Crippen LogP contribution in [0, 0.1) is 0 Å². The van der Waals surface area contributed by atoms with Gasteiger partial charge in [-0.3, -0.25) is 14.6 Å². The maximum atomic E-state index is 13.0. The molecule has 1 aliphatic rings. The fraction of sp³-hybridized carbons (Fsp3) is 0.160. The Kier molecular flexibility index (Phi) is 5.44. The summed E-state index contributed by atoms with van der Waals surface area (Å²) in [7, 11) is 1.76. The summed E-state index contributed by atoms with van der Waals surface area (Å²) >= 11 is 0. The van der Waals surface area contributed by atoms with Crippen molar-refractivity contribution in [1.82, 2.24) is 4.90 Å². The largest absolute Gasteiger partial charge is 0.342 e. The first-order valence-corrected chi connectivity index (χ1v) is 9.98. The number of amides is 2. The van der Waals surface area contributed by atoms with E-state index in [0.29, 0.717) is 23.5 Å². The smallest absolute Gasteiger partial charge is 0.253 e. The minimum Gasteiger partial charge on any atom is -0.342 e. The first-order valence-electron chi connectivity index (χ1n) is 9.98. The van der Waals surface area contributed by atoms with Crippen LogP contribution in [0.4, 0.5) is 11.4 Å². The van der Waals surface area contributed by atoms with Crippen LogP contribution in [0.3, 0.4) is 0 Å². The third kappa shape index (κ3) is 3.74. The van der Waals surface area contributed by atoms with E-state index in [1.165, 1.54) is 0 Å². The highest BCUT2D eigenvalue weighted by molar-refractivity contribution is 6.24. The number of aliphatic imine (C=N–C) groups is 1. The Morgan fingerprint density at radius 3 is 2.30 bits per heavy atom. The fourth-order valence-electron chi connectivity index (χ4n) is 3.58. The van der Waals surface area contributed by atoms with Gasteiger partial charge < -0.3 is 10.2 Å². The Balaban J connectivity index is 1.79. The van der Waals surface area contributed by atoms with Crippen LogP contribution in [0.15, 0.2) is 83.9 Å². The topological polar surface area (TPSA) is 61.8 Å². The molecule has 30 heavy (non-hydrogen) atoms. The van der Waals surface area contributed by atoms with E-state index in [4.69, 9.17) is 4.99 Å². The number of fused-ring (bicyclic) bond motifs is 1. The van der Waals surface area contributed by atoms with Crippen molar-refractivity contribution in [2.24, 2.45) is 4.99 Å². The SMILES string of the molecule is CCN(C)C(=O)c1ccc2c(c1)NC(=O)C2C(=Nc1ccccc1)c1ccccc1. The highest BCUT2D eigenvalue weighted by Gasteiger charge is 2.36. The molecule has 0 saturated carbocycles. The second-order valence-corrected chi connectivity index (χ2v) is 7.24. The average Bonchev–Trinajstić information content (AvgIpc) is 3.12. The average molecular weight is 397 g/mol. The molecule has 1 heterocycles. The normalized spacial score (nSPS) is 15.5. The minimum atomic E-state index is -0.546. The predicted molar refractivity (Wildman–Crippen MR) is 120 cm³/mol. The van der Waals surface area contributed by atoms with E-state index < -0.39 is 5.92 Å². The van der Waals surface area contributed by atoms with Crippen molar-refractivity contribution in [2.75, 3.05) is 18.9 Å². The van der Waals surface area contributed by atoms with Crippen LogP contribution in [-0.4, -0.2) is 36.0 Å². The van der Waals surface area contributed by atoms with Crippen LogP contribution in [0.2, 0.25) is 0 Å². The van der Waals surface area contributed by atoms with E-state index in [1.807, 2.05) is 73.7 Å². The van der Waals surface area contributed by atoms with E-state index in [2.05, 4.69) is 5.32 Å². The molecule has 5 nitrogen and oxygen atoms in total. The summed E-state index contributed by atoms with van der Waals surface area (Å²) in [4.78, 5) is 32.0. The van der Waals surface area contributed by atoms with Crippen LogP contribution in [0.25, 0.3) is 0 Å². The quantitative estimate of drug-likeness (QED) is 0.638. The van der Waals surface area contributed by atoms with Crippen LogP contribution >= 0.6 is 0 Å². The zero-order chi connectivity index (χ0) is 21.1. The maximum Gasteiger partial charge on any atom is 0.253 e. The molecule has 0 radical (unpaired) electrons. The predicted octanol–water partition coefficient (Wildman–Crippen LogP) is 4.64. The number of rotatable bonds is 5. The highest BCUT2D eigenvalue weighted by Crippen LogP contribution is 2.37. The molecular weight excluding hydrogens is 374 g/mol. The van der Waals surface area contributed by atoms with Gasteiger partial charge in [-0.1, -0.05) is 54.6 Å². The molecule has 1 N–H and O–H groups in total. The van der Waals surface area contributed by atoms with Crippen molar-refractivity contribution in [3.8, 4) is 0 Å². The van der Waals surface area contributed by atoms with E-state index in [9.17, 15) is 9.59 Å². The van der Waals surface area contributed by atoms with Crippen LogP contribution in [-0.2, 0) is 4.79 Å².